The third-order valence-electron chi connectivity index (χ3n) is 2.37. The van der Waals surface area contributed by atoms with Gasteiger partial charge in [0.15, 0.2) is 0 Å². The van der Waals surface area contributed by atoms with Gasteiger partial charge in [-0.05, 0) is 11.6 Å². The largest absolute Gasteiger partial charge is 0.173 e. The van der Waals surface area contributed by atoms with Crippen molar-refractivity contribution in [1.82, 2.24) is 8.75 Å². The van der Waals surface area contributed by atoms with E-state index in [1.807, 2.05) is 30.3 Å². The fraction of sp³-hybridized carbons (Fsp3) is 0. The SMILES string of the molecule is c1ccc(-c2cccc3nsnc23)cc1. The molecule has 0 atom stereocenters. The second-order valence-electron chi connectivity index (χ2n) is 3.30. The highest BCUT2D eigenvalue weighted by Gasteiger charge is 2.05. The first-order valence-electron chi connectivity index (χ1n) is 4.72. The van der Waals surface area contributed by atoms with Gasteiger partial charge >= 0.3 is 0 Å². The van der Waals surface area contributed by atoms with Crippen LogP contribution in [0.3, 0.4) is 0 Å². The molecule has 2 nitrogen and oxygen atoms in total. The van der Waals surface area contributed by atoms with Gasteiger partial charge in [0, 0.05) is 5.56 Å². The van der Waals surface area contributed by atoms with E-state index in [0.29, 0.717) is 0 Å². The number of hydrogen-bond acceptors (Lipinski definition) is 3. The third-order valence-corrected chi connectivity index (χ3v) is 2.91. The van der Waals surface area contributed by atoms with E-state index in [2.05, 4.69) is 26.9 Å². The van der Waals surface area contributed by atoms with Gasteiger partial charge in [-0.25, -0.2) is 0 Å². The van der Waals surface area contributed by atoms with E-state index in [1.54, 1.807) is 0 Å². The zero-order chi connectivity index (χ0) is 10.1. The minimum Gasteiger partial charge on any atom is -0.173 e. The lowest BCUT2D eigenvalue weighted by Gasteiger charge is -2.00. The zero-order valence-electron chi connectivity index (χ0n) is 7.92. The first kappa shape index (κ1) is 8.56. The maximum absolute atomic E-state index is 4.33. The van der Waals surface area contributed by atoms with E-state index < -0.39 is 0 Å². The van der Waals surface area contributed by atoms with E-state index in [1.165, 1.54) is 17.3 Å². The molecular formula is C12H8N2S. The molecule has 3 aromatic rings. The summed E-state index contributed by atoms with van der Waals surface area (Å²) in [6.45, 7) is 0. The Balaban J connectivity index is 2.31. The Morgan fingerprint density at radius 3 is 2.53 bits per heavy atom. The van der Waals surface area contributed by atoms with E-state index >= 15 is 0 Å². The molecule has 72 valence electrons. The van der Waals surface area contributed by atoms with Crippen molar-refractivity contribution in [2.45, 2.75) is 0 Å². The zero-order valence-corrected chi connectivity index (χ0v) is 8.74. The molecule has 3 rings (SSSR count). The average Bonchev–Trinajstić information content (AvgIpc) is 2.78. The van der Waals surface area contributed by atoms with Crippen LogP contribution in [0.1, 0.15) is 0 Å². The van der Waals surface area contributed by atoms with E-state index in [4.69, 9.17) is 0 Å². The minimum atomic E-state index is 0.973. The van der Waals surface area contributed by atoms with E-state index in [0.717, 1.165) is 16.6 Å². The Morgan fingerprint density at radius 1 is 0.800 bits per heavy atom. The lowest BCUT2D eigenvalue weighted by Crippen LogP contribution is -1.79. The highest BCUT2D eigenvalue weighted by molar-refractivity contribution is 7.00. The van der Waals surface area contributed by atoms with Crippen LogP contribution in [0.4, 0.5) is 0 Å². The predicted molar refractivity (Wildman–Crippen MR) is 62.9 cm³/mol. The maximum Gasteiger partial charge on any atom is 0.112 e. The molecule has 0 fully saturated rings. The lowest BCUT2D eigenvalue weighted by molar-refractivity contribution is 1.60. The Kier molecular flexibility index (Phi) is 1.96. The summed E-state index contributed by atoms with van der Waals surface area (Å²) in [5, 5.41) is 0. The second-order valence-corrected chi connectivity index (χ2v) is 3.83. The van der Waals surface area contributed by atoms with Crippen LogP contribution in [0.2, 0.25) is 0 Å². The average molecular weight is 212 g/mol. The summed E-state index contributed by atoms with van der Waals surface area (Å²) in [6, 6.07) is 16.4. The van der Waals surface area contributed by atoms with Gasteiger partial charge in [-0.15, -0.1) is 0 Å². The number of benzene rings is 2. The van der Waals surface area contributed by atoms with Gasteiger partial charge in [0.2, 0.25) is 0 Å². The topological polar surface area (TPSA) is 25.8 Å². The van der Waals surface area contributed by atoms with Crippen LogP contribution in [0.5, 0.6) is 0 Å². The number of aromatic nitrogens is 2. The molecule has 0 aliphatic carbocycles. The molecule has 1 aromatic heterocycles. The Labute approximate surface area is 91.5 Å². The van der Waals surface area contributed by atoms with Gasteiger partial charge in [0.05, 0.1) is 11.7 Å². The molecule has 0 saturated carbocycles. The summed E-state index contributed by atoms with van der Waals surface area (Å²) in [5.74, 6) is 0. The number of hydrogen-bond donors (Lipinski definition) is 0. The Morgan fingerprint density at radius 2 is 1.67 bits per heavy atom. The fourth-order valence-electron chi connectivity index (χ4n) is 1.66. The van der Waals surface area contributed by atoms with Crippen molar-refractivity contribution < 1.29 is 0 Å². The molecule has 0 radical (unpaired) electrons. The summed E-state index contributed by atoms with van der Waals surface area (Å²) in [6.07, 6.45) is 0. The Bertz CT molecular complexity index is 587. The van der Waals surface area contributed by atoms with Crippen LogP contribution in [0, 0.1) is 0 Å². The summed E-state index contributed by atoms with van der Waals surface area (Å²) < 4.78 is 8.56. The molecule has 0 saturated heterocycles. The standard InChI is InChI=1S/C12H8N2S/c1-2-5-9(6-3-1)10-7-4-8-11-12(10)14-15-13-11/h1-8H. The van der Waals surface area contributed by atoms with Crippen molar-refractivity contribution in [1.29, 1.82) is 0 Å². The second kappa shape index (κ2) is 3.44. The molecule has 0 bridgehead atoms. The van der Waals surface area contributed by atoms with Crippen molar-refractivity contribution in [3.05, 3.63) is 48.5 Å². The quantitative estimate of drug-likeness (QED) is 0.618. The van der Waals surface area contributed by atoms with Crippen LogP contribution in [0.25, 0.3) is 22.2 Å². The van der Waals surface area contributed by atoms with Crippen molar-refractivity contribution in [2.24, 2.45) is 0 Å². The first-order valence-corrected chi connectivity index (χ1v) is 5.45. The normalized spacial score (nSPS) is 10.7. The van der Waals surface area contributed by atoms with Gasteiger partial charge in [-0.3, -0.25) is 0 Å². The van der Waals surface area contributed by atoms with Crippen LogP contribution in [-0.4, -0.2) is 8.75 Å². The molecule has 15 heavy (non-hydrogen) atoms. The van der Waals surface area contributed by atoms with Crippen LogP contribution >= 0.6 is 11.7 Å². The molecule has 1 heterocycles. The maximum atomic E-state index is 4.33. The highest BCUT2D eigenvalue weighted by atomic mass is 32.1. The van der Waals surface area contributed by atoms with Crippen molar-refractivity contribution >= 4 is 22.8 Å². The number of nitrogens with zero attached hydrogens (tertiary/aromatic N) is 2. The molecule has 3 heteroatoms. The van der Waals surface area contributed by atoms with Crippen molar-refractivity contribution in [2.75, 3.05) is 0 Å². The molecule has 0 aliphatic heterocycles. The van der Waals surface area contributed by atoms with Crippen LogP contribution < -0.4 is 0 Å². The molecule has 0 spiro atoms. The van der Waals surface area contributed by atoms with E-state index in [-0.39, 0.29) is 0 Å². The lowest BCUT2D eigenvalue weighted by atomic mass is 10.0. The highest BCUT2D eigenvalue weighted by Crippen LogP contribution is 2.26. The predicted octanol–water partition coefficient (Wildman–Crippen LogP) is 3.36. The van der Waals surface area contributed by atoms with Crippen molar-refractivity contribution in [3.63, 3.8) is 0 Å². The van der Waals surface area contributed by atoms with E-state index in [9.17, 15) is 0 Å². The van der Waals surface area contributed by atoms with Crippen LogP contribution in [0.15, 0.2) is 48.5 Å². The molecule has 0 amide bonds. The van der Waals surface area contributed by atoms with Crippen LogP contribution in [-0.2, 0) is 0 Å². The summed E-state index contributed by atoms with van der Waals surface area (Å²) >= 11 is 1.26. The third kappa shape index (κ3) is 1.41. The van der Waals surface area contributed by atoms with Crippen molar-refractivity contribution in [3.8, 4) is 11.1 Å². The Hall–Kier alpha value is -1.74. The van der Waals surface area contributed by atoms with Gasteiger partial charge in [-0.1, -0.05) is 42.5 Å². The van der Waals surface area contributed by atoms with Gasteiger partial charge in [-0.2, -0.15) is 8.75 Å². The first-order chi connectivity index (χ1) is 7.45. The monoisotopic (exact) mass is 212 g/mol. The smallest absolute Gasteiger partial charge is 0.112 e. The number of rotatable bonds is 1. The fourth-order valence-corrected chi connectivity index (χ4v) is 2.21. The van der Waals surface area contributed by atoms with Gasteiger partial charge in [0.1, 0.15) is 11.0 Å². The molecule has 0 unspecified atom stereocenters. The molecule has 0 N–H and O–H groups in total. The number of fused-ring (bicyclic) bond motifs is 1. The molecular weight excluding hydrogens is 204 g/mol. The molecule has 2 aromatic carbocycles. The summed E-state index contributed by atoms with van der Waals surface area (Å²) in [7, 11) is 0. The summed E-state index contributed by atoms with van der Waals surface area (Å²) in [4.78, 5) is 0. The van der Waals surface area contributed by atoms with Gasteiger partial charge < -0.3 is 0 Å². The minimum absolute atomic E-state index is 0.973. The molecule has 0 aliphatic rings. The summed E-state index contributed by atoms with van der Waals surface area (Å²) in [5.41, 5.74) is 4.31. The van der Waals surface area contributed by atoms with Gasteiger partial charge in [0.25, 0.3) is 0 Å².